The fourth-order valence-electron chi connectivity index (χ4n) is 2.94. The topological polar surface area (TPSA) is 87.7 Å². The van der Waals surface area contributed by atoms with Crippen molar-refractivity contribution in [2.75, 3.05) is 20.0 Å². The lowest BCUT2D eigenvalue weighted by atomic mass is 10.2. The predicted octanol–water partition coefficient (Wildman–Crippen LogP) is 2.31. The van der Waals surface area contributed by atoms with Crippen LogP contribution in [0.4, 0.5) is 0 Å². The first-order chi connectivity index (χ1) is 13.6. The molecule has 0 spiro atoms. The molecule has 0 saturated heterocycles. The zero-order valence-corrected chi connectivity index (χ0v) is 16.0. The quantitative estimate of drug-likeness (QED) is 0.378. The average Bonchev–Trinajstić information content (AvgIpc) is 3.16. The number of rotatable bonds is 5. The van der Waals surface area contributed by atoms with Crippen molar-refractivity contribution in [3.05, 3.63) is 58.9 Å². The smallest absolute Gasteiger partial charge is 0.316 e. The lowest BCUT2D eigenvalue weighted by Gasteiger charge is -2.12. The maximum atomic E-state index is 13.2. The molecule has 0 atom stereocenters. The highest BCUT2D eigenvalue weighted by Crippen LogP contribution is 2.24. The number of methoxy groups -OCH3 is 2. The number of carbonyl (C=O) groups excluding carboxylic acids is 1. The van der Waals surface area contributed by atoms with Crippen molar-refractivity contribution in [3.8, 4) is 11.4 Å². The molecule has 0 aliphatic carbocycles. The molecule has 0 fully saturated rings. The number of benzene rings is 2. The highest BCUT2D eigenvalue weighted by molar-refractivity contribution is 7.99. The van der Waals surface area contributed by atoms with Crippen LogP contribution in [-0.4, -0.2) is 45.1 Å². The summed E-state index contributed by atoms with van der Waals surface area (Å²) in [5.41, 5.74) is 1.06. The minimum Gasteiger partial charge on any atom is -0.497 e. The lowest BCUT2D eigenvalue weighted by Crippen LogP contribution is -2.22. The summed E-state index contributed by atoms with van der Waals surface area (Å²) in [6.07, 6.45) is 0. The molecule has 8 nitrogen and oxygen atoms in total. The summed E-state index contributed by atoms with van der Waals surface area (Å²) >= 11 is 1.20. The third kappa shape index (κ3) is 2.99. The van der Waals surface area contributed by atoms with Crippen molar-refractivity contribution in [2.24, 2.45) is 0 Å². The number of fused-ring (bicyclic) bond motifs is 3. The first-order valence-corrected chi connectivity index (χ1v) is 9.35. The first-order valence-electron chi connectivity index (χ1n) is 8.37. The summed E-state index contributed by atoms with van der Waals surface area (Å²) in [6, 6.07) is 14.4. The van der Waals surface area contributed by atoms with Gasteiger partial charge in [-0.3, -0.25) is 14.0 Å². The molecule has 0 radical (unpaired) electrons. The van der Waals surface area contributed by atoms with E-state index >= 15 is 0 Å². The summed E-state index contributed by atoms with van der Waals surface area (Å²) in [4.78, 5) is 24.8. The third-order valence-corrected chi connectivity index (χ3v) is 5.16. The van der Waals surface area contributed by atoms with Gasteiger partial charge in [0.1, 0.15) is 5.75 Å². The molecule has 0 aliphatic heterocycles. The fraction of sp³-hybridized carbons (Fsp3) is 0.158. The second-order valence-electron chi connectivity index (χ2n) is 5.84. The van der Waals surface area contributed by atoms with Crippen LogP contribution < -0.4 is 10.3 Å². The van der Waals surface area contributed by atoms with E-state index in [1.807, 2.05) is 12.1 Å². The van der Waals surface area contributed by atoms with Crippen LogP contribution in [-0.2, 0) is 9.53 Å². The second kappa shape index (κ2) is 7.35. The fourth-order valence-corrected chi connectivity index (χ4v) is 3.71. The van der Waals surface area contributed by atoms with Crippen LogP contribution in [0.15, 0.2) is 58.5 Å². The number of nitrogens with zero attached hydrogens (tertiary/aromatic N) is 4. The monoisotopic (exact) mass is 396 g/mol. The molecule has 0 bridgehead atoms. The van der Waals surface area contributed by atoms with Gasteiger partial charge in [0.2, 0.25) is 5.78 Å². The molecule has 142 valence electrons. The Morgan fingerprint density at radius 1 is 1.11 bits per heavy atom. The number of hydrogen-bond donors (Lipinski definition) is 0. The van der Waals surface area contributed by atoms with E-state index in [1.165, 1.54) is 23.4 Å². The van der Waals surface area contributed by atoms with E-state index in [9.17, 15) is 9.59 Å². The first kappa shape index (κ1) is 18.1. The number of ether oxygens (including phenoxy) is 2. The summed E-state index contributed by atoms with van der Waals surface area (Å²) in [7, 11) is 2.90. The van der Waals surface area contributed by atoms with Gasteiger partial charge in [0.25, 0.3) is 5.56 Å². The molecule has 9 heteroatoms. The molecule has 0 saturated carbocycles. The molecule has 4 aromatic rings. The largest absolute Gasteiger partial charge is 0.497 e. The Hall–Kier alpha value is -3.33. The van der Waals surface area contributed by atoms with E-state index in [1.54, 1.807) is 47.9 Å². The van der Waals surface area contributed by atoms with Crippen molar-refractivity contribution >= 4 is 34.4 Å². The Bertz CT molecular complexity index is 1250. The lowest BCUT2D eigenvalue weighted by molar-refractivity contribution is -0.137. The summed E-state index contributed by atoms with van der Waals surface area (Å²) in [6.45, 7) is 0. The normalized spacial score (nSPS) is 11.1. The van der Waals surface area contributed by atoms with E-state index in [2.05, 4.69) is 10.2 Å². The molecular formula is C19H16N4O4S. The Morgan fingerprint density at radius 3 is 2.71 bits per heavy atom. The molecular weight excluding hydrogens is 380 g/mol. The van der Waals surface area contributed by atoms with Gasteiger partial charge in [-0.15, -0.1) is 10.2 Å². The maximum absolute atomic E-state index is 13.2. The summed E-state index contributed by atoms with van der Waals surface area (Å²) < 4.78 is 13.2. The molecule has 2 aromatic heterocycles. The molecule has 0 amide bonds. The van der Waals surface area contributed by atoms with Crippen LogP contribution in [0.5, 0.6) is 5.75 Å². The molecule has 4 rings (SSSR count). The van der Waals surface area contributed by atoms with Gasteiger partial charge in [0.05, 0.1) is 36.6 Å². The SMILES string of the molecule is COC(=O)CSc1nnc2n(-c3cccc(OC)c3)c(=O)c3ccccc3n12. The number of aromatic nitrogens is 4. The highest BCUT2D eigenvalue weighted by atomic mass is 32.2. The minimum atomic E-state index is -0.368. The number of para-hydroxylation sites is 1. The van der Waals surface area contributed by atoms with E-state index in [-0.39, 0.29) is 17.3 Å². The molecule has 0 unspecified atom stereocenters. The standard InChI is InChI=1S/C19H16N4O4S/c1-26-13-7-5-6-12(10-13)22-17(25)14-8-3-4-9-15(14)23-18(22)20-21-19(23)28-11-16(24)27-2/h3-10H,11H2,1-2H3. The van der Waals surface area contributed by atoms with Gasteiger partial charge in [-0.2, -0.15) is 0 Å². The van der Waals surface area contributed by atoms with Gasteiger partial charge in [-0.1, -0.05) is 30.0 Å². The van der Waals surface area contributed by atoms with Crippen molar-refractivity contribution < 1.29 is 14.3 Å². The van der Waals surface area contributed by atoms with Gasteiger partial charge < -0.3 is 9.47 Å². The van der Waals surface area contributed by atoms with E-state index in [0.717, 1.165) is 0 Å². The molecule has 28 heavy (non-hydrogen) atoms. The number of carbonyl (C=O) groups is 1. The molecule has 2 aromatic carbocycles. The average molecular weight is 396 g/mol. The van der Waals surface area contributed by atoms with Gasteiger partial charge in [0.15, 0.2) is 5.16 Å². The Kier molecular flexibility index (Phi) is 4.74. The number of esters is 1. The summed E-state index contributed by atoms with van der Waals surface area (Å²) in [5.74, 6) is 0.691. The second-order valence-corrected chi connectivity index (χ2v) is 6.78. The van der Waals surface area contributed by atoms with Crippen LogP contribution in [0, 0.1) is 0 Å². The van der Waals surface area contributed by atoms with Crippen molar-refractivity contribution in [3.63, 3.8) is 0 Å². The van der Waals surface area contributed by atoms with Gasteiger partial charge in [-0.05, 0) is 24.3 Å². The van der Waals surface area contributed by atoms with E-state index < -0.39 is 0 Å². The molecule has 0 N–H and O–H groups in total. The minimum absolute atomic E-state index is 0.0872. The van der Waals surface area contributed by atoms with Crippen LogP contribution in [0.1, 0.15) is 0 Å². The summed E-state index contributed by atoms with van der Waals surface area (Å²) in [5, 5.41) is 9.43. The zero-order valence-electron chi connectivity index (χ0n) is 15.2. The van der Waals surface area contributed by atoms with Gasteiger partial charge >= 0.3 is 5.97 Å². The van der Waals surface area contributed by atoms with Crippen molar-refractivity contribution in [1.82, 2.24) is 19.2 Å². The third-order valence-electron chi connectivity index (χ3n) is 4.25. The van der Waals surface area contributed by atoms with Crippen LogP contribution in [0.3, 0.4) is 0 Å². The van der Waals surface area contributed by atoms with Gasteiger partial charge in [-0.25, -0.2) is 4.57 Å². The Morgan fingerprint density at radius 2 is 1.93 bits per heavy atom. The predicted molar refractivity (Wildman–Crippen MR) is 105 cm³/mol. The number of hydrogen-bond acceptors (Lipinski definition) is 7. The highest BCUT2D eigenvalue weighted by Gasteiger charge is 2.18. The van der Waals surface area contributed by atoms with Crippen molar-refractivity contribution in [2.45, 2.75) is 5.16 Å². The maximum Gasteiger partial charge on any atom is 0.316 e. The Labute approximate surface area is 163 Å². The zero-order chi connectivity index (χ0) is 19.7. The van der Waals surface area contributed by atoms with E-state index in [4.69, 9.17) is 9.47 Å². The number of thioether (sulfide) groups is 1. The van der Waals surface area contributed by atoms with Crippen LogP contribution >= 0.6 is 11.8 Å². The Balaban J connectivity index is 2.01. The van der Waals surface area contributed by atoms with Crippen LogP contribution in [0.2, 0.25) is 0 Å². The molecule has 2 heterocycles. The van der Waals surface area contributed by atoms with E-state index in [0.29, 0.717) is 33.3 Å². The van der Waals surface area contributed by atoms with Crippen LogP contribution in [0.25, 0.3) is 22.4 Å². The molecule has 0 aliphatic rings. The van der Waals surface area contributed by atoms with Gasteiger partial charge in [0, 0.05) is 6.07 Å². The van der Waals surface area contributed by atoms with Crippen molar-refractivity contribution in [1.29, 1.82) is 0 Å².